The summed E-state index contributed by atoms with van der Waals surface area (Å²) in [4.78, 5) is 28.5. The molecular formula is C18H27N5O2S. The maximum atomic E-state index is 12.7. The van der Waals surface area contributed by atoms with E-state index in [1.54, 1.807) is 4.90 Å². The molecule has 1 atom stereocenters. The molecule has 0 spiro atoms. The third-order valence-corrected chi connectivity index (χ3v) is 6.73. The number of carbonyl (C=O) groups excluding carboxylic acids is 2. The van der Waals surface area contributed by atoms with Crippen molar-refractivity contribution in [2.24, 2.45) is 5.92 Å². The summed E-state index contributed by atoms with van der Waals surface area (Å²) in [5.74, 6) is 0.351. The summed E-state index contributed by atoms with van der Waals surface area (Å²) in [5.41, 5.74) is 0. The van der Waals surface area contributed by atoms with Gasteiger partial charge in [0.25, 0.3) is 0 Å². The van der Waals surface area contributed by atoms with E-state index in [1.165, 1.54) is 30.6 Å². The molecule has 8 heteroatoms. The molecule has 1 aliphatic carbocycles. The molecule has 2 amide bonds. The molecular weight excluding hydrogens is 350 g/mol. The fraction of sp³-hybridized carbons (Fsp3) is 0.778. The summed E-state index contributed by atoms with van der Waals surface area (Å²) in [7, 11) is 0. The molecule has 3 heterocycles. The van der Waals surface area contributed by atoms with Crippen LogP contribution < -0.4 is 15.1 Å². The average molecular weight is 378 g/mol. The number of aromatic nitrogens is 2. The second-order valence-electron chi connectivity index (χ2n) is 7.64. The molecule has 0 aromatic carbocycles. The summed E-state index contributed by atoms with van der Waals surface area (Å²) in [6, 6.07) is 0.362. The number of hydrogen-bond acceptors (Lipinski definition) is 6. The van der Waals surface area contributed by atoms with Gasteiger partial charge >= 0.3 is 0 Å². The highest BCUT2D eigenvalue weighted by Crippen LogP contribution is 2.32. The first-order valence-corrected chi connectivity index (χ1v) is 10.7. The van der Waals surface area contributed by atoms with Crippen molar-refractivity contribution in [1.29, 1.82) is 0 Å². The first-order valence-electron chi connectivity index (χ1n) is 9.90. The molecule has 142 valence electrons. The molecule has 0 unspecified atom stereocenters. The van der Waals surface area contributed by atoms with Crippen LogP contribution in [0.15, 0.2) is 0 Å². The first-order chi connectivity index (χ1) is 12.7. The molecule has 2 aliphatic heterocycles. The number of carbonyl (C=O) groups is 2. The average Bonchev–Trinajstić information content (AvgIpc) is 3.31. The van der Waals surface area contributed by atoms with Crippen molar-refractivity contribution >= 4 is 33.4 Å². The van der Waals surface area contributed by atoms with E-state index < -0.39 is 0 Å². The first kappa shape index (κ1) is 17.7. The van der Waals surface area contributed by atoms with E-state index >= 15 is 0 Å². The lowest BCUT2D eigenvalue weighted by Gasteiger charge is -2.33. The van der Waals surface area contributed by atoms with Crippen LogP contribution in [0.25, 0.3) is 0 Å². The number of rotatable bonds is 4. The Balaban J connectivity index is 1.36. The molecule has 7 nitrogen and oxygen atoms in total. The Hall–Kier alpha value is -1.70. The third kappa shape index (κ3) is 3.84. The molecule has 1 saturated carbocycles. The van der Waals surface area contributed by atoms with E-state index in [-0.39, 0.29) is 17.7 Å². The predicted octanol–water partition coefficient (Wildman–Crippen LogP) is 2.33. The van der Waals surface area contributed by atoms with Crippen molar-refractivity contribution < 1.29 is 9.59 Å². The van der Waals surface area contributed by atoms with Crippen molar-refractivity contribution in [1.82, 2.24) is 15.5 Å². The third-order valence-electron chi connectivity index (χ3n) is 5.72. The van der Waals surface area contributed by atoms with Gasteiger partial charge in [-0.3, -0.25) is 14.5 Å². The summed E-state index contributed by atoms with van der Waals surface area (Å²) >= 11 is 1.47. The Morgan fingerprint density at radius 3 is 2.58 bits per heavy atom. The number of piperidine rings is 1. The SMILES string of the molecule is O=C(NC1CCCCC1)[C@@H]1CCCN(c2nnc(N3CCCC3=O)s2)C1. The maximum absolute atomic E-state index is 12.7. The second kappa shape index (κ2) is 7.90. The minimum Gasteiger partial charge on any atom is -0.353 e. The Morgan fingerprint density at radius 1 is 1.00 bits per heavy atom. The number of nitrogens with zero attached hydrogens (tertiary/aromatic N) is 4. The van der Waals surface area contributed by atoms with Crippen molar-refractivity contribution in [3.05, 3.63) is 0 Å². The van der Waals surface area contributed by atoms with Gasteiger partial charge in [0, 0.05) is 32.1 Å². The van der Waals surface area contributed by atoms with E-state index in [4.69, 9.17) is 0 Å². The van der Waals surface area contributed by atoms with E-state index in [1.807, 2.05) is 0 Å². The van der Waals surface area contributed by atoms with E-state index in [2.05, 4.69) is 20.4 Å². The quantitative estimate of drug-likeness (QED) is 0.871. The Kier molecular flexibility index (Phi) is 5.38. The van der Waals surface area contributed by atoms with Crippen LogP contribution in [0.4, 0.5) is 10.3 Å². The second-order valence-corrected chi connectivity index (χ2v) is 8.58. The fourth-order valence-electron chi connectivity index (χ4n) is 4.23. The van der Waals surface area contributed by atoms with Crippen LogP contribution in [-0.4, -0.2) is 47.7 Å². The van der Waals surface area contributed by atoms with Crippen LogP contribution in [0.3, 0.4) is 0 Å². The van der Waals surface area contributed by atoms with Crippen LogP contribution in [0.2, 0.25) is 0 Å². The highest BCUT2D eigenvalue weighted by molar-refractivity contribution is 7.19. The van der Waals surface area contributed by atoms with Crippen molar-refractivity contribution in [3.8, 4) is 0 Å². The number of amides is 2. The molecule has 1 N–H and O–H groups in total. The van der Waals surface area contributed by atoms with Crippen molar-refractivity contribution in [2.75, 3.05) is 29.4 Å². The number of nitrogens with one attached hydrogen (secondary N) is 1. The normalized spacial score (nSPS) is 24.9. The predicted molar refractivity (Wildman–Crippen MR) is 101 cm³/mol. The monoisotopic (exact) mass is 377 g/mol. The summed E-state index contributed by atoms with van der Waals surface area (Å²) in [5, 5.41) is 13.3. The van der Waals surface area contributed by atoms with Gasteiger partial charge in [0.05, 0.1) is 5.92 Å². The zero-order valence-corrected chi connectivity index (χ0v) is 16.0. The van der Waals surface area contributed by atoms with Gasteiger partial charge in [0.1, 0.15) is 0 Å². The zero-order chi connectivity index (χ0) is 17.9. The molecule has 1 aromatic rings. The smallest absolute Gasteiger partial charge is 0.228 e. The Labute approximate surface area is 158 Å². The molecule has 0 radical (unpaired) electrons. The summed E-state index contributed by atoms with van der Waals surface area (Å²) in [6.45, 7) is 2.33. The van der Waals surface area contributed by atoms with Gasteiger partial charge in [-0.2, -0.15) is 0 Å². The van der Waals surface area contributed by atoms with Gasteiger partial charge in [0.15, 0.2) is 0 Å². The van der Waals surface area contributed by atoms with Gasteiger partial charge < -0.3 is 10.2 Å². The van der Waals surface area contributed by atoms with Crippen molar-refractivity contribution in [3.63, 3.8) is 0 Å². The van der Waals surface area contributed by atoms with Gasteiger partial charge in [-0.05, 0) is 32.1 Å². The lowest BCUT2D eigenvalue weighted by atomic mass is 9.93. The Bertz CT molecular complexity index is 658. The molecule has 26 heavy (non-hydrogen) atoms. The van der Waals surface area contributed by atoms with Crippen LogP contribution in [-0.2, 0) is 9.59 Å². The zero-order valence-electron chi connectivity index (χ0n) is 15.2. The topological polar surface area (TPSA) is 78.4 Å². The lowest BCUT2D eigenvalue weighted by molar-refractivity contribution is -0.126. The van der Waals surface area contributed by atoms with E-state index in [9.17, 15) is 9.59 Å². The van der Waals surface area contributed by atoms with E-state index in [0.717, 1.165) is 50.3 Å². The van der Waals surface area contributed by atoms with Crippen LogP contribution in [0.1, 0.15) is 57.8 Å². The standard InChI is InChI=1S/C18H27N5O2S/c24-15-9-5-11-23(15)18-21-20-17(26-18)22-10-4-6-13(12-22)16(25)19-14-7-2-1-3-8-14/h13-14H,1-12H2,(H,19,25)/t13-/m1/s1. The highest BCUT2D eigenvalue weighted by Gasteiger charge is 2.31. The summed E-state index contributed by atoms with van der Waals surface area (Å²) < 4.78 is 0. The van der Waals surface area contributed by atoms with Gasteiger partial charge in [-0.15, -0.1) is 10.2 Å². The lowest BCUT2D eigenvalue weighted by Crippen LogP contribution is -2.46. The molecule has 3 fully saturated rings. The largest absolute Gasteiger partial charge is 0.353 e. The molecule has 3 aliphatic rings. The van der Waals surface area contributed by atoms with Crippen LogP contribution in [0.5, 0.6) is 0 Å². The minimum absolute atomic E-state index is 0.0199. The number of anilines is 2. The van der Waals surface area contributed by atoms with Gasteiger partial charge in [-0.1, -0.05) is 30.6 Å². The molecule has 0 bridgehead atoms. The fourth-order valence-corrected chi connectivity index (χ4v) is 5.15. The molecule has 1 aromatic heterocycles. The Morgan fingerprint density at radius 2 is 1.81 bits per heavy atom. The molecule has 4 rings (SSSR count). The maximum Gasteiger partial charge on any atom is 0.228 e. The van der Waals surface area contributed by atoms with Gasteiger partial charge in [-0.25, -0.2) is 0 Å². The minimum atomic E-state index is 0.0199. The van der Waals surface area contributed by atoms with Crippen LogP contribution >= 0.6 is 11.3 Å². The van der Waals surface area contributed by atoms with Gasteiger partial charge in [0.2, 0.25) is 22.1 Å². The highest BCUT2D eigenvalue weighted by atomic mass is 32.1. The molecule has 2 saturated heterocycles. The van der Waals surface area contributed by atoms with Crippen LogP contribution in [0, 0.1) is 5.92 Å². The summed E-state index contributed by atoms with van der Waals surface area (Å²) in [6.07, 6.45) is 9.39. The van der Waals surface area contributed by atoms with Crippen molar-refractivity contribution in [2.45, 2.75) is 63.8 Å². The van der Waals surface area contributed by atoms with E-state index in [0.29, 0.717) is 24.1 Å². The number of hydrogen-bond donors (Lipinski definition) is 1.